The highest BCUT2D eigenvalue weighted by molar-refractivity contribution is 5.82. The molecule has 18 heavy (non-hydrogen) atoms. The highest BCUT2D eigenvalue weighted by Gasteiger charge is 2.35. The van der Waals surface area contributed by atoms with E-state index >= 15 is 0 Å². The molecule has 104 valence electrons. The SMILES string of the molecule is CC[C@@H]1CCCN1C(=O)[C@@H](NC)C1CCCCC1. The number of amides is 1. The van der Waals surface area contributed by atoms with Crippen LogP contribution in [0.4, 0.5) is 0 Å². The van der Waals surface area contributed by atoms with Gasteiger partial charge in [0, 0.05) is 12.6 Å². The molecule has 2 aliphatic rings. The molecule has 1 aliphatic carbocycles. The molecule has 0 aromatic rings. The summed E-state index contributed by atoms with van der Waals surface area (Å²) in [5, 5.41) is 3.30. The standard InChI is InChI=1S/C15H28N2O/c1-3-13-10-7-11-17(13)15(18)14(16-2)12-8-5-4-6-9-12/h12-14,16H,3-11H2,1-2H3/t13-,14+/m1/s1. The molecule has 0 unspecified atom stereocenters. The Balaban J connectivity index is 1.99. The van der Waals surface area contributed by atoms with Crippen LogP contribution in [0.25, 0.3) is 0 Å². The molecular formula is C15H28N2O. The van der Waals surface area contributed by atoms with E-state index in [2.05, 4.69) is 17.1 Å². The summed E-state index contributed by atoms with van der Waals surface area (Å²) in [5.41, 5.74) is 0. The van der Waals surface area contributed by atoms with Crippen molar-refractivity contribution in [2.75, 3.05) is 13.6 Å². The van der Waals surface area contributed by atoms with Crippen LogP contribution < -0.4 is 5.32 Å². The van der Waals surface area contributed by atoms with E-state index in [0.717, 1.165) is 13.0 Å². The molecule has 3 heteroatoms. The highest BCUT2D eigenvalue weighted by atomic mass is 16.2. The van der Waals surface area contributed by atoms with Crippen LogP contribution in [-0.4, -0.2) is 36.5 Å². The molecule has 0 spiro atoms. The van der Waals surface area contributed by atoms with Gasteiger partial charge in [-0.05, 0) is 45.1 Å². The van der Waals surface area contributed by atoms with Gasteiger partial charge in [0.25, 0.3) is 0 Å². The fourth-order valence-electron chi connectivity index (χ4n) is 3.76. The van der Waals surface area contributed by atoms with Crippen molar-refractivity contribution in [1.29, 1.82) is 0 Å². The topological polar surface area (TPSA) is 32.3 Å². The van der Waals surface area contributed by atoms with E-state index in [9.17, 15) is 4.79 Å². The highest BCUT2D eigenvalue weighted by Crippen LogP contribution is 2.29. The Morgan fingerprint density at radius 2 is 1.94 bits per heavy atom. The first-order valence-electron chi connectivity index (χ1n) is 7.75. The summed E-state index contributed by atoms with van der Waals surface area (Å²) in [6.07, 6.45) is 9.88. The lowest BCUT2D eigenvalue weighted by atomic mass is 9.83. The molecule has 0 bridgehead atoms. The number of likely N-dealkylation sites (N-methyl/N-ethyl adjacent to an activating group) is 1. The minimum Gasteiger partial charge on any atom is -0.338 e. The molecule has 1 amide bonds. The zero-order valence-electron chi connectivity index (χ0n) is 12.0. The van der Waals surface area contributed by atoms with Crippen molar-refractivity contribution in [3.63, 3.8) is 0 Å². The Morgan fingerprint density at radius 3 is 2.56 bits per heavy atom. The lowest BCUT2D eigenvalue weighted by molar-refractivity contribution is -0.136. The molecule has 0 aromatic heterocycles. The molecule has 3 nitrogen and oxygen atoms in total. The van der Waals surface area contributed by atoms with E-state index in [0.29, 0.717) is 17.9 Å². The van der Waals surface area contributed by atoms with Gasteiger partial charge >= 0.3 is 0 Å². The summed E-state index contributed by atoms with van der Waals surface area (Å²) in [6, 6.07) is 0.564. The summed E-state index contributed by atoms with van der Waals surface area (Å²) >= 11 is 0. The van der Waals surface area contributed by atoms with Crippen LogP contribution in [0.5, 0.6) is 0 Å². The normalized spacial score (nSPS) is 27.4. The molecule has 1 aliphatic heterocycles. The number of rotatable bonds is 4. The fourth-order valence-corrected chi connectivity index (χ4v) is 3.76. The van der Waals surface area contributed by atoms with Crippen molar-refractivity contribution in [3.05, 3.63) is 0 Å². The summed E-state index contributed by atoms with van der Waals surface area (Å²) in [5.74, 6) is 0.933. The average Bonchev–Trinajstić information content (AvgIpc) is 2.89. The molecule has 0 aromatic carbocycles. The predicted octanol–water partition coefficient (Wildman–Crippen LogP) is 2.56. The van der Waals surface area contributed by atoms with Crippen LogP contribution in [0.2, 0.25) is 0 Å². The number of likely N-dealkylation sites (tertiary alicyclic amines) is 1. The van der Waals surface area contributed by atoms with E-state index in [1.165, 1.54) is 44.9 Å². The van der Waals surface area contributed by atoms with Crippen molar-refractivity contribution in [2.45, 2.75) is 70.4 Å². The van der Waals surface area contributed by atoms with Crippen LogP contribution in [0.15, 0.2) is 0 Å². The monoisotopic (exact) mass is 252 g/mol. The first kappa shape index (κ1) is 13.9. The van der Waals surface area contributed by atoms with Gasteiger partial charge < -0.3 is 10.2 Å². The molecule has 2 atom stereocenters. The Hall–Kier alpha value is -0.570. The molecule has 1 saturated carbocycles. The van der Waals surface area contributed by atoms with Gasteiger partial charge in [-0.25, -0.2) is 0 Å². The van der Waals surface area contributed by atoms with E-state index in [1.807, 2.05) is 7.05 Å². The number of hydrogen-bond donors (Lipinski definition) is 1. The number of carbonyl (C=O) groups excluding carboxylic acids is 1. The molecular weight excluding hydrogens is 224 g/mol. The van der Waals surface area contributed by atoms with Crippen LogP contribution in [0.3, 0.4) is 0 Å². The fraction of sp³-hybridized carbons (Fsp3) is 0.933. The maximum absolute atomic E-state index is 12.7. The molecule has 2 rings (SSSR count). The third-order valence-electron chi connectivity index (χ3n) is 4.83. The number of nitrogens with zero attached hydrogens (tertiary/aromatic N) is 1. The van der Waals surface area contributed by atoms with Gasteiger partial charge in [0.05, 0.1) is 6.04 Å². The quantitative estimate of drug-likeness (QED) is 0.834. The molecule has 1 heterocycles. The van der Waals surface area contributed by atoms with E-state index in [-0.39, 0.29) is 6.04 Å². The third kappa shape index (κ3) is 2.87. The predicted molar refractivity (Wildman–Crippen MR) is 74.4 cm³/mol. The summed E-state index contributed by atoms with van der Waals surface area (Å²) < 4.78 is 0. The second-order valence-corrected chi connectivity index (χ2v) is 5.90. The third-order valence-corrected chi connectivity index (χ3v) is 4.83. The Morgan fingerprint density at radius 1 is 1.22 bits per heavy atom. The van der Waals surface area contributed by atoms with Crippen molar-refractivity contribution in [3.8, 4) is 0 Å². The van der Waals surface area contributed by atoms with Gasteiger partial charge in [0.15, 0.2) is 0 Å². The summed E-state index contributed by atoms with van der Waals surface area (Å²) in [6.45, 7) is 3.17. The second-order valence-electron chi connectivity index (χ2n) is 5.90. The van der Waals surface area contributed by atoms with Gasteiger partial charge in [-0.15, -0.1) is 0 Å². The van der Waals surface area contributed by atoms with E-state index in [4.69, 9.17) is 0 Å². The van der Waals surface area contributed by atoms with Gasteiger partial charge in [-0.3, -0.25) is 4.79 Å². The van der Waals surface area contributed by atoms with Gasteiger partial charge in [-0.1, -0.05) is 26.2 Å². The lowest BCUT2D eigenvalue weighted by Gasteiger charge is -2.34. The molecule has 0 radical (unpaired) electrons. The van der Waals surface area contributed by atoms with Crippen molar-refractivity contribution >= 4 is 5.91 Å². The maximum atomic E-state index is 12.7. The van der Waals surface area contributed by atoms with Gasteiger partial charge in [0.1, 0.15) is 0 Å². The van der Waals surface area contributed by atoms with Gasteiger partial charge in [0.2, 0.25) is 5.91 Å². The zero-order valence-corrected chi connectivity index (χ0v) is 12.0. The Bertz CT molecular complexity index is 274. The van der Waals surface area contributed by atoms with Crippen LogP contribution in [0, 0.1) is 5.92 Å². The van der Waals surface area contributed by atoms with Crippen molar-refractivity contribution in [1.82, 2.24) is 10.2 Å². The minimum absolute atomic E-state index is 0.0671. The smallest absolute Gasteiger partial charge is 0.240 e. The molecule has 1 saturated heterocycles. The largest absolute Gasteiger partial charge is 0.338 e. The molecule has 2 fully saturated rings. The zero-order chi connectivity index (χ0) is 13.0. The Labute approximate surface area is 111 Å². The van der Waals surface area contributed by atoms with Crippen molar-refractivity contribution < 1.29 is 4.79 Å². The number of hydrogen-bond acceptors (Lipinski definition) is 2. The summed E-state index contributed by atoms with van der Waals surface area (Å²) in [4.78, 5) is 14.9. The van der Waals surface area contributed by atoms with Crippen molar-refractivity contribution in [2.24, 2.45) is 5.92 Å². The molecule has 1 N–H and O–H groups in total. The Kier molecular flexibility index (Phi) is 5.04. The first-order valence-corrected chi connectivity index (χ1v) is 7.75. The number of nitrogens with one attached hydrogen (secondary N) is 1. The number of carbonyl (C=O) groups is 1. The second kappa shape index (κ2) is 6.55. The average molecular weight is 252 g/mol. The first-order chi connectivity index (χ1) is 8.77. The van der Waals surface area contributed by atoms with E-state index < -0.39 is 0 Å². The minimum atomic E-state index is 0.0671. The van der Waals surface area contributed by atoms with Crippen LogP contribution in [0.1, 0.15) is 58.3 Å². The maximum Gasteiger partial charge on any atom is 0.240 e. The lowest BCUT2D eigenvalue weighted by Crippen LogP contribution is -2.51. The van der Waals surface area contributed by atoms with E-state index in [1.54, 1.807) is 0 Å². The van der Waals surface area contributed by atoms with Crippen LogP contribution >= 0.6 is 0 Å². The van der Waals surface area contributed by atoms with Gasteiger partial charge in [-0.2, -0.15) is 0 Å². The summed E-state index contributed by atoms with van der Waals surface area (Å²) in [7, 11) is 1.95. The van der Waals surface area contributed by atoms with Crippen LogP contribution in [-0.2, 0) is 4.79 Å².